The molecule has 2 aromatic carbocycles. The van der Waals surface area contributed by atoms with E-state index in [0.29, 0.717) is 12.0 Å². The van der Waals surface area contributed by atoms with Gasteiger partial charge in [-0.25, -0.2) is 0 Å². The lowest BCUT2D eigenvalue weighted by molar-refractivity contribution is -0.118. The Morgan fingerprint density at radius 2 is 1.80 bits per heavy atom. The van der Waals surface area contributed by atoms with Crippen molar-refractivity contribution in [2.24, 2.45) is 0 Å². The summed E-state index contributed by atoms with van der Waals surface area (Å²) in [6.45, 7) is 1.94. The minimum absolute atomic E-state index is 0.0852. The second-order valence-electron chi connectivity index (χ2n) is 5.89. The fourth-order valence-electron chi connectivity index (χ4n) is 2.64. The van der Waals surface area contributed by atoms with Gasteiger partial charge in [-0.2, -0.15) is 0 Å². The SMILES string of the molecule is C[C@@H](NC(=O)c1ccc(CC2SC(=O)NC2=O)cc1)c1ccccc1. The molecule has 1 heterocycles. The van der Waals surface area contributed by atoms with E-state index in [-0.39, 0.29) is 23.1 Å². The van der Waals surface area contributed by atoms with E-state index in [0.717, 1.165) is 22.9 Å². The van der Waals surface area contributed by atoms with Crippen LogP contribution in [0.25, 0.3) is 0 Å². The lowest BCUT2D eigenvalue weighted by Crippen LogP contribution is -2.27. The van der Waals surface area contributed by atoms with Crippen molar-refractivity contribution in [3.05, 3.63) is 71.3 Å². The number of rotatable bonds is 5. The molecule has 1 saturated heterocycles. The maximum Gasteiger partial charge on any atom is 0.286 e. The van der Waals surface area contributed by atoms with Gasteiger partial charge in [-0.15, -0.1) is 0 Å². The fourth-order valence-corrected chi connectivity index (χ4v) is 3.50. The molecule has 0 radical (unpaired) electrons. The first-order chi connectivity index (χ1) is 12.0. The predicted molar refractivity (Wildman–Crippen MR) is 97.4 cm³/mol. The summed E-state index contributed by atoms with van der Waals surface area (Å²) in [5, 5.41) is 4.54. The van der Waals surface area contributed by atoms with Gasteiger partial charge < -0.3 is 5.32 Å². The van der Waals surface area contributed by atoms with Gasteiger partial charge in [0.25, 0.3) is 11.1 Å². The number of thioether (sulfide) groups is 1. The summed E-state index contributed by atoms with van der Waals surface area (Å²) >= 11 is 1.01. The molecule has 128 valence electrons. The Balaban J connectivity index is 1.61. The lowest BCUT2D eigenvalue weighted by atomic mass is 10.1. The highest BCUT2D eigenvalue weighted by molar-refractivity contribution is 8.15. The number of hydrogen-bond acceptors (Lipinski definition) is 4. The molecule has 6 heteroatoms. The molecule has 25 heavy (non-hydrogen) atoms. The quantitative estimate of drug-likeness (QED) is 0.865. The van der Waals surface area contributed by atoms with E-state index >= 15 is 0 Å². The van der Waals surface area contributed by atoms with E-state index in [1.165, 1.54) is 0 Å². The van der Waals surface area contributed by atoms with Crippen LogP contribution < -0.4 is 10.6 Å². The zero-order chi connectivity index (χ0) is 17.8. The van der Waals surface area contributed by atoms with Crippen LogP contribution in [-0.2, 0) is 11.2 Å². The Kier molecular flexibility index (Phi) is 5.19. The third-order valence-electron chi connectivity index (χ3n) is 4.05. The van der Waals surface area contributed by atoms with E-state index in [1.807, 2.05) is 49.4 Å². The summed E-state index contributed by atoms with van der Waals surface area (Å²) in [4.78, 5) is 35.2. The van der Waals surface area contributed by atoms with Crippen LogP contribution >= 0.6 is 11.8 Å². The molecule has 0 spiro atoms. The van der Waals surface area contributed by atoms with E-state index in [9.17, 15) is 14.4 Å². The highest BCUT2D eigenvalue weighted by atomic mass is 32.2. The maximum absolute atomic E-state index is 12.4. The van der Waals surface area contributed by atoms with Gasteiger partial charge in [0.1, 0.15) is 0 Å². The first kappa shape index (κ1) is 17.2. The zero-order valence-corrected chi connectivity index (χ0v) is 14.5. The molecule has 0 aliphatic carbocycles. The Morgan fingerprint density at radius 1 is 1.12 bits per heavy atom. The van der Waals surface area contributed by atoms with Crippen LogP contribution in [0.1, 0.15) is 34.5 Å². The number of imide groups is 1. The molecular weight excluding hydrogens is 336 g/mol. The standard InChI is InChI=1S/C19H18N2O3S/c1-12(14-5-3-2-4-6-14)20-17(22)15-9-7-13(8-10-15)11-16-18(23)21-19(24)25-16/h2-10,12,16H,11H2,1H3,(H,20,22)(H,21,23,24)/t12-,16?/m1/s1. The highest BCUT2D eigenvalue weighted by Gasteiger charge is 2.31. The molecule has 1 unspecified atom stereocenters. The highest BCUT2D eigenvalue weighted by Crippen LogP contribution is 2.23. The van der Waals surface area contributed by atoms with E-state index in [4.69, 9.17) is 0 Å². The van der Waals surface area contributed by atoms with Crippen molar-refractivity contribution < 1.29 is 14.4 Å². The predicted octanol–water partition coefficient (Wildman–Crippen LogP) is 3.07. The van der Waals surface area contributed by atoms with Crippen LogP contribution in [0.3, 0.4) is 0 Å². The van der Waals surface area contributed by atoms with Gasteiger partial charge in [0.05, 0.1) is 11.3 Å². The first-order valence-electron chi connectivity index (χ1n) is 7.99. The van der Waals surface area contributed by atoms with Crippen LogP contribution in [0.2, 0.25) is 0 Å². The van der Waals surface area contributed by atoms with Crippen molar-refractivity contribution in [2.45, 2.75) is 24.6 Å². The third kappa shape index (κ3) is 4.28. The third-order valence-corrected chi connectivity index (χ3v) is 5.03. The van der Waals surface area contributed by atoms with Gasteiger partial charge in [0.2, 0.25) is 5.91 Å². The molecule has 2 atom stereocenters. The average Bonchev–Trinajstić information content (AvgIpc) is 2.93. The Bertz CT molecular complexity index is 790. The van der Waals surface area contributed by atoms with Gasteiger partial charge in [-0.3, -0.25) is 19.7 Å². The summed E-state index contributed by atoms with van der Waals surface area (Å²) in [6, 6.07) is 16.8. The Morgan fingerprint density at radius 3 is 2.40 bits per heavy atom. The van der Waals surface area contributed by atoms with Crippen LogP contribution in [0.4, 0.5) is 4.79 Å². The summed E-state index contributed by atoms with van der Waals surface area (Å²) in [5.74, 6) is -0.403. The minimum atomic E-state index is -0.398. The molecule has 1 aliphatic heterocycles. The van der Waals surface area contributed by atoms with Crippen molar-refractivity contribution >= 4 is 28.8 Å². The molecule has 0 aromatic heterocycles. The molecule has 0 bridgehead atoms. The zero-order valence-electron chi connectivity index (χ0n) is 13.7. The molecular formula is C19H18N2O3S. The minimum Gasteiger partial charge on any atom is -0.346 e. The monoisotopic (exact) mass is 354 g/mol. The topological polar surface area (TPSA) is 75.3 Å². The summed E-state index contributed by atoms with van der Waals surface area (Å²) in [6.07, 6.45) is 0.463. The van der Waals surface area contributed by atoms with E-state index in [1.54, 1.807) is 12.1 Å². The number of benzene rings is 2. The molecule has 2 N–H and O–H groups in total. The van der Waals surface area contributed by atoms with Crippen molar-refractivity contribution in [3.8, 4) is 0 Å². The van der Waals surface area contributed by atoms with Gasteiger partial charge in [-0.05, 0) is 36.6 Å². The van der Waals surface area contributed by atoms with Gasteiger partial charge in [0.15, 0.2) is 0 Å². The molecule has 0 saturated carbocycles. The molecule has 1 aliphatic rings. The van der Waals surface area contributed by atoms with E-state index < -0.39 is 5.25 Å². The lowest BCUT2D eigenvalue weighted by Gasteiger charge is -2.14. The van der Waals surface area contributed by atoms with Crippen LogP contribution in [0, 0.1) is 0 Å². The molecule has 2 aromatic rings. The molecule has 3 rings (SSSR count). The van der Waals surface area contributed by atoms with Crippen molar-refractivity contribution in [1.82, 2.24) is 10.6 Å². The normalized spacial score (nSPS) is 17.9. The average molecular weight is 354 g/mol. The Labute approximate surface area is 150 Å². The smallest absolute Gasteiger partial charge is 0.286 e. The number of carbonyl (C=O) groups is 3. The van der Waals surface area contributed by atoms with Gasteiger partial charge in [0, 0.05) is 5.56 Å². The number of hydrogen-bond donors (Lipinski definition) is 2. The Hall–Kier alpha value is -2.60. The van der Waals surface area contributed by atoms with Gasteiger partial charge >= 0.3 is 0 Å². The molecule has 1 fully saturated rings. The number of amides is 3. The molecule has 5 nitrogen and oxygen atoms in total. The van der Waals surface area contributed by atoms with Crippen molar-refractivity contribution in [2.75, 3.05) is 0 Å². The maximum atomic E-state index is 12.4. The van der Waals surface area contributed by atoms with E-state index in [2.05, 4.69) is 10.6 Å². The number of carbonyl (C=O) groups excluding carboxylic acids is 3. The second-order valence-corrected chi connectivity index (χ2v) is 7.07. The van der Waals surface area contributed by atoms with Crippen LogP contribution in [-0.4, -0.2) is 22.3 Å². The van der Waals surface area contributed by atoms with Crippen LogP contribution in [0.5, 0.6) is 0 Å². The second kappa shape index (κ2) is 7.53. The van der Waals surface area contributed by atoms with Crippen LogP contribution in [0.15, 0.2) is 54.6 Å². The van der Waals surface area contributed by atoms with Crippen molar-refractivity contribution in [1.29, 1.82) is 0 Å². The first-order valence-corrected chi connectivity index (χ1v) is 8.87. The summed E-state index contributed by atoms with van der Waals surface area (Å²) in [7, 11) is 0. The largest absolute Gasteiger partial charge is 0.346 e. The number of nitrogens with one attached hydrogen (secondary N) is 2. The fraction of sp³-hybridized carbons (Fsp3) is 0.211. The summed E-state index contributed by atoms with van der Waals surface area (Å²) < 4.78 is 0. The molecule has 3 amide bonds. The van der Waals surface area contributed by atoms with Gasteiger partial charge in [-0.1, -0.05) is 54.2 Å². The van der Waals surface area contributed by atoms with Crippen molar-refractivity contribution in [3.63, 3.8) is 0 Å². The summed E-state index contributed by atoms with van der Waals surface area (Å²) in [5.41, 5.74) is 2.52.